The van der Waals surface area contributed by atoms with Crippen molar-refractivity contribution in [3.8, 4) is 5.75 Å². The molecule has 0 heterocycles. The lowest BCUT2D eigenvalue weighted by Crippen LogP contribution is -2.25. The van der Waals surface area contributed by atoms with E-state index in [2.05, 4.69) is 10.8 Å². The Morgan fingerprint density at radius 1 is 0.846 bits per heavy atom. The van der Waals surface area contributed by atoms with Gasteiger partial charge in [0, 0.05) is 5.54 Å². The Morgan fingerprint density at radius 2 is 1.38 bits per heavy atom. The number of benzene rings is 1. The van der Waals surface area contributed by atoms with Crippen molar-refractivity contribution in [2.75, 3.05) is 0 Å². The van der Waals surface area contributed by atoms with Crippen LogP contribution in [0.4, 0.5) is 13.2 Å². The molecule has 5 heteroatoms. The Hall–Kier alpha value is -1.16. The summed E-state index contributed by atoms with van der Waals surface area (Å²) in [4.78, 5) is 0. The molecule has 1 aromatic carbocycles. The van der Waals surface area contributed by atoms with Gasteiger partial charge in [-0.3, -0.25) is 0 Å². The maximum atomic E-state index is 12.3. The van der Waals surface area contributed by atoms with Crippen LogP contribution in [0.25, 0.3) is 0 Å². The van der Waals surface area contributed by atoms with Gasteiger partial charge in [0.1, 0.15) is 5.75 Å². The van der Waals surface area contributed by atoms with Crippen LogP contribution in [-0.4, -0.2) is 6.36 Å². The quantitative estimate of drug-likeness (QED) is 0.523. The molecule has 2 aliphatic rings. The molecule has 2 saturated carbocycles. The highest BCUT2D eigenvalue weighted by Gasteiger charge is 2.32. The van der Waals surface area contributed by atoms with E-state index in [1.54, 1.807) is 17.7 Å². The predicted molar refractivity (Wildman–Crippen MR) is 98.3 cm³/mol. The minimum absolute atomic E-state index is 0.141. The van der Waals surface area contributed by atoms with Gasteiger partial charge >= 0.3 is 6.36 Å². The summed E-state index contributed by atoms with van der Waals surface area (Å²) < 4.78 is 40.7. The van der Waals surface area contributed by atoms with Gasteiger partial charge in [-0.1, -0.05) is 29.8 Å². The molecule has 0 radical (unpaired) electrons. The third-order valence-corrected chi connectivity index (χ3v) is 6.33. The van der Waals surface area contributed by atoms with Crippen molar-refractivity contribution in [2.24, 2.45) is 17.8 Å². The number of rotatable bonds is 4. The fourth-order valence-corrected chi connectivity index (χ4v) is 4.98. The van der Waals surface area contributed by atoms with Crippen LogP contribution in [0, 0.1) is 17.8 Å². The average molecular weight is 387 g/mol. The lowest BCUT2D eigenvalue weighted by Gasteiger charge is -2.37. The van der Waals surface area contributed by atoms with E-state index in [0.29, 0.717) is 11.8 Å². The topological polar surface area (TPSA) is 9.23 Å². The van der Waals surface area contributed by atoms with E-state index in [1.807, 2.05) is 0 Å². The summed E-state index contributed by atoms with van der Waals surface area (Å²) in [6.45, 7) is 0. The summed E-state index contributed by atoms with van der Waals surface area (Å²) in [5.41, 5.74) is 2.79. The maximum Gasteiger partial charge on any atom is 0.573 e. The van der Waals surface area contributed by atoms with E-state index in [-0.39, 0.29) is 5.75 Å². The number of hydrogen-bond acceptors (Lipinski definition) is 1. The zero-order valence-electron chi connectivity index (χ0n) is 14.9. The van der Waals surface area contributed by atoms with Crippen LogP contribution in [0.15, 0.2) is 35.9 Å². The van der Waals surface area contributed by atoms with Crippen LogP contribution in [0.2, 0.25) is 0 Å². The highest BCUT2D eigenvalue weighted by atomic mass is 35.5. The molecular weight excluding hydrogens is 361 g/mol. The smallest absolute Gasteiger partial charge is 0.406 e. The van der Waals surface area contributed by atoms with Gasteiger partial charge in [0.05, 0.1) is 0 Å². The number of alkyl halides is 3. The molecule has 0 unspecified atom stereocenters. The minimum atomic E-state index is -4.63. The van der Waals surface area contributed by atoms with E-state index in [9.17, 15) is 13.2 Å². The number of halogens is 4. The van der Waals surface area contributed by atoms with E-state index in [4.69, 9.17) is 11.6 Å². The molecule has 1 nitrogen and oxygen atoms in total. The second-order valence-corrected chi connectivity index (χ2v) is 7.97. The van der Waals surface area contributed by atoms with Gasteiger partial charge in [-0.2, -0.15) is 0 Å². The second kappa shape index (κ2) is 8.69. The fraction of sp³-hybridized carbons (Fsp3) is 0.619. The largest absolute Gasteiger partial charge is 0.573 e. The third kappa shape index (κ3) is 5.42. The van der Waals surface area contributed by atoms with Gasteiger partial charge in [-0.25, -0.2) is 0 Å². The third-order valence-electron chi connectivity index (χ3n) is 6.18. The summed E-state index contributed by atoms with van der Waals surface area (Å²) in [6.07, 6.45) is 7.30. The zero-order chi connectivity index (χ0) is 18.6. The summed E-state index contributed by atoms with van der Waals surface area (Å²) in [5.74, 6) is 2.61. The van der Waals surface area contributed by atoms with Crippen molar-refractivity contribution in [2.45, 2.75) is 63.6 Å². The molecule has 26 heavy (non-hydrogen) atoms. The minimum Gasteiger partial charge on any atom is -0.406 e. The van der Waals surface area contributed by atoms with Crippen molar-refractivity contribution in [3.63, 3.8) is 0 Å². The van der Waals surface area contributed by atoms with Crippen molar-refractivity contribution < 1.29 is 17.9 Å². The van der Waals surface area contributed by atoms with Gasteiger partial charge in [-0.15, -0.1) is 13.2 Å². The van der Waals surface area contributed by atoms with Crippen LogP contribution < -0.4 is 4.74 Å². The summed E-state index contributed by atoms with van der Waals surface area (Å²) >= 11 is 5.69. The summed E-state index contributed by atoms with van der Waals surface area (Å²) in [5, 5.41) is 0. The molecule has 0 saturated heterocycles. The molecular formula is C21H26ClF3O. The summed E-state index contributed by atoms with van der Waals surface area (Å²) in [7, 11) is 0. The molecule has 1 aromatic rings. The van der Waals surface area contributed by atoms with Crippen molar-refractivity contribution >= 4 is 11.6 Å². The van der Waals surface area contributed by atoms with Crippen molar-refractivity contribution in [1.29, 1.82) is 0 Å². The molecule has 3 rings (SSSR count). The predicted octanol–water partition coefficient (Wildman–Crippen LogP) is 7.42. The fourth-order valence-electron chi connectivity index (χ4n) is 4.78. The van der Waals surface area contributed by atoms with Gasteiger partial charge in [0.25, 0.3) is 0 Å². The standard InChI is InChI=1S/C21H26ClF3O/c22-14-13-15-1-3-16(4-2-15)17-5-7-18(8-6-17)19-9-11-20(12-10-19)26-21(23,24)25/h9-18H,1-8H2/b14-13+/t15-,16-,17?,18?. The Bertz CT molecular complexity index is 580. The summed E-state index contributed by atoms with van der Waals surface area (Å²) in [6, 6.07) is 6.44. The zero-order valence-corrected chi connectivity index (χ0v) is 15.6. The van der Waals surface area contributed by atoms with E-state index >= 15 is 0 Å². The van der Waals surface area contributed by atoms with E-state index in [0.717, 1.165) is 30.2 Å². The first-order valence-corrected chi connectivity index (χ1v) is 10.0. The molecule has 0 atom stereocenters. The van der Waals surface area contributed by atoms with E-state index < -0.39 is 6.36 Å². The van der Waals surface area contributed by atoms with Crippen LogP contribution in [0.3, 0.4) is 0 Å². The Morgan fingerprint density at radius 3 is 1.88 bits per heavy atom. The van der Waals surface area contributed by atoms with Crippen molar-refractivity contribution in [1.82, 2.24) is 0 Å². The number of allylic oxidation sites excluding steroid dienone is 1. The Balaban J connectivity index is 1.48. The van der Waals surface area contributed by atoms with Gasteiger partial charge in [0.15, 0.2) is 0 Å². The molecule has 2 aliphatic carbocycles. The molecule has 2 fully saturated rings. The first-order valence-electron chi connectivity index (χ1n) is 9.57. The van der Waals surface area contributed by atoms with Crippen LogP contribution in [0.5, 0.6) is 5.75 Å². The molecule has 0 N–H and O–H groups in total. The van der Waals surface area contributed by atoms with Gasteiger partial charge in [-0.05, 0) is 92.7 Å². The first-order chi connectivity index (χ1) is 12.4. The van der Waals surface area contributed by atoms with Crippen LogP contribution >= 0.6 is 11.6 Å². The second-order valence-electron chi connectivity index (χ2n) is 7.72. The van der Waals surface area contributed by atoms with Gasteiger partial charge < -0.3 is 4.74 Å². The highest BCUT2D eigenvalue weighted by Crippen LogP contribution is 2.44. The van der Waals surface area contributed by atoms with Crippen molar-refractivity contribution in [3.05, 3.63) is 41.4 Å². The van der Waals surface area contributed by atoms with E-state index in [1.165, 1.54) is 50.7 Å². The first kappa shape index (κ1) is 19.6. The maximum absolute atomic E-state index is 12.3. The lowest BCUT2D eigenvalue weighted by atomic mass is 9.68. The number of ether oxygens (including phenoxy) is 1. The SMILES string of the molecule is FC(F)(F)Oc1ccc(C2CCC([C@H]3CC[C@H](/C=C/Cl)CC3)CC2)cc1. The number of hydrogen-bond donors (Lipinski definition) is 0. The molecule has 0 amide bonds. The van der Waals surface area contributed by atoms with Crippen LogP contribution in [0.1, 0.15) is 62.8 Å². The monoisotopic (exact) mass is 386 g/mol. The molecule has 0 spiro atoms. The molecule has 0 aromatic heterocycles. The highest BCUT2D eigenvalue weighted by molar-refractivity contribution is 6.25. The molecule has 0 aliphatic heterocycles. The van der Waals surface area contributed by atoms with Gasteiger partial charge in [0.2, 0.25) is 0 Å². The van der Waals surface area contributed by atoms with Crippen LogP contribution in [-0.2, 0) is 0 Å². The lowest BCUT2D eigenvalue weighted by molar-refractivity contribution is -0.274. The molecule has 0 bridgehead atoms. The Labute approximate surface area is 158 Å². The average Bonchev–Trinajstić information content (AvgIpc) is 2.62. The Kier molecular flexibility index (Phi) is 6.55. The normalized spacial score (nSPS) is 30.5. The molecule has 144 valence electrons.